The van der Waals surface area contributed by atoms with Crippen molar-refractivity contribution in [3.8, 4) is 17.2 Å². The molecule has 1 saturated carbocycles. The molecule has 4 rings (SSSR count). The Labute approximate surface area is 174 Å². The molecule has 0 bridgehead atoms. The summed E-state index contributed by atoms with van der Waals surface area (Å²) in [5, 5.41) is 12.7. The minimum Gasteiger partial charge on any atom is -0.491 e. The summed E-state index contributed by atoms with van der Waals surface area (Å²) in [5.74, 6) is 0.730. The van der Waals surface area contributed by atoms with Crippen LogP contribution in [0.5, 0.6) is 17.2 Å². The summed E-state index contributed by atoms with van der Waals surface area (Å²) in [4.78, 5) is 38.2. The second-order valence-electron chi connectivity index (χ2n) is 7.86. The highest BCUT2D eigenvalue weighted by atomic mass is 16.7. The highest BCUT2D eigenvalue weighted by Crippen LogP contribution is 2.38. The van der Waals surface area contributed by atoms with Crippen molar-refractivity contribution in [2.24, 2.45) is 11.8 Å². The van der Waals surface area contributed by atoms with Gasteiger partial charge in [-0.1, -0.05) is 12.8 Å². The van der Waals surface area contributed by atoms with Crippen molar-refractivity contribution in [1.82, 2.24) is 10.2 Å². The third-order valence-corrected chi connectivity index (χ3v) is 5.82. The van der Waals surface area contributed by atoms with E-state index in [0.29, 0.717) is 17.2 Å². The highest BCUT2D eigenvalue weighted by molar-refractivity contribution is 6.05. The van der Waals surface area contributed by atoms with E-state index in [2.05, 4.69) is 5.32 Å². The first-order valence-electron chi connectivity index (χ1n) is 10.4. The van der Waals surface area contributed by atoms with E-state index in [1.165, 1.54) is 4.90 Å². The number of fused-ring (bicyclic) bond motifs is 2. The van der Waals surface area contributed by atoms with Gasteiger partial charge in [0.2, 0.25) is 24.5 Å². The monoisotopic (exact) mass is 418 g/mol. The maximum absolute atomic E-state index is 12.4. The Morgan fingerprint density at radius 3 is 2.60 bits per heavy atom. The third-order valence-electron chi connectivity index (χ3n) is 5.82. The molecule has 3 aliphatic rings. The highest BCUT2D eigenvalue weighted by Gasteiger charge is 2.47. The Kier molecular flexibility index (Phi) is 6.08. The average molecular weight is 418 g/mol. The Morgan fingerprint density at radius 1 is 1.17 bits per heavy atom. The van der Waals surface area contributed by atoms with Crippen molar-refractivity contribution in [1.29, 1.82) is 0 Å². The van der Waals surface area contributed by atoms with Crippen LogP contribution in [0, 0.1) is 11.8 Å². The number of rotatable bonds is 8. The summed E-state index contributed by atoms with van der Waals surface area (Å²) in [6.45, 7) is 0.257. The van der Waals surface area contributed by atoms with Crippen LogP contribution in [0.25, 0.3) is 0 Å². The van der Waals surface area contributed by atoms with Crippen molar-refractivity contribution in [2.45, 2.75) is 38.2 Å². The molecule has 3 unspecified atom stereocenters. The molecule has 9 heteroatoms. The van der Waals surface area contributed by atoms with Gasteiger partial charge < -0.3 is 24.6 Å². The SMILES string of the molecule is O=C(CCN1C(=O)C2CCCCC2C1=O)NCC(O)COc1ccc2c(c1)OCO2. The number of nitrogens with one attached hydrogen (secondary N) is 1. The summed E-state index contributed by atoms with van der Waals surface area (Å²) in [7, 11) is 0. The van der Waals surface area contributed by atoms with Crippen LogP contribution in [0.1, 0.15) is 32.1 Å². The number of ether oxygens (including phenoxy) is 3. The molecule has 9 nitrogen and oxygen atoms in total. The van der Waals surface area contributed by atoms with Gasteiger partial charge >= 0.3 is 0 Å². The molecule has 2 fully saturated rings. The van der Waals surface area contributed by atoms with Crippen LogP contribution in [0.15, 0.2) is 18.2 Å². The van der Waals surface area contributed by atoms with E-state index in [0.717, 1.165) is 25.7 Å². The molecule has 1 aromatic carbocycles. The van der Waals surface area contributed by atoms with Crippen molar-refractivity contribution >= 4 is 17.7 Å². The number of aliphatic hydroxyl groups excluding tert-OH is 1. The molecule has 2 N–H and O–H groups in total. The van der Waals surface area contributed by atoms with Gasteiger partial charge in [0.05, 0.1) is 11.8 Å². The number of imide groups is 1. The molecular formula is C21H26N2O7. The minimum absolute atomic E-state index is 0.00756. The maximum atomic E-state index is 12.4. The van der Waals surface area contributed by atoms with E-state index >= 15 is 0 Å². The van der Waals surface area contributed by atoms with E-state index in [9.17, 15) is 19.5 Å². The van der Waals surface area contributed by atoms with Gasteiger partial charge in [0.25, 0.3) is 0 Å². The smallest absolute Gasteiger partial charge is 0.233 e. The van der Waals surface area contributed by atoms with Crippen molar-refractivity contribution in [3.63, 3.8) is 0 Å². The number of aliphatic hydroxyl groups is 1. The molecule has 2 aliphatic heterocycles. The molecule has 30 heavy (non-hydrogen) atoms. The van der Waals surface area contributed by atoms with Gasteiger partial charge in [0.1, 0.15) is 18.5 Å². The Bertz CT molecular complexity index is 804. The second kappa shape index (κ2) is 8.91. The molecular weight excluding hydrogens is 392 g/mol. The zero-order valence-electron chi connectivity index (χ0n) is 16.7. The number of likely N-dealkylation sites (tertiary alicyclic amines) is 1. The zero-order chi connectivity index (χ0) is 21.1. The fourth-order valence-electron chi connectivity index (χ4n) is 4.20. The lowest BCUT2D eigenvalue weighted by Gasteiger charge is -2.19. The summed E-state index contributed by atoms with van der Waals surface area (Å²) in [6.07, 6.45) is 2.58. The number of carbonyl (C=O) groups is 3. The average Bonchev–Trinajstić information content (AvgIpc) is 3.32. The quantitative estimate of drug-likeness (QED) is 0.601. The van der Waals surface area contributed by atoms with Gasteiger partial charge in [0.15, 0.2) is 11.5 Å². The predicted octanol–water partition coefficient (Wildman–Crippen LogP) is 0.837. The summed E-state index contributed by atoms with van der Waals surface area (Å²) >= 11 is 0. The fraction of sp³-hybridized carbons (Fsp3) is 0.571. The standard InChI is InChI=1S/C21H26N2O7/c24-13(11-28-14-5-6-17-18(9-14)30-12-29-17)10-22-19(25)7-8-23-20(26)15-3-1-2-4-16(15)21(23)27/h5-6,9,13,15-16,24H,1-4,7-8,10-12H2,(H,22,25). The number of hydrogen-bond donors (Lipinski definition) is 2. The molecule has 0 spiro atoms. The first kappa shape index (κ1) is 20.5. The Balaban J connectivity index is 1.17. The van der Waals surface area contributed by atoms with Gasteiger partial charge in [0, 0.05) is 25.6 Å². The summed E-state index contributed by atoms with van der Waals surface area (Å²) in [6, 6.07) is 5.11. The summed E-state index contributed by atoms with van der Waals surface area (Å²) in [5.41, 5.74) is 0. The molecule has 3 atom stereocenters. The van der Waals surface area contributed by atoms with Crippen LogP contribution >= 0.6 is 0 Å². The normalized spacial score (nSPS) is 23.3. The van der Waals surface area contributed by atoms with Gasteiger partial charge in [-0.05, 0) is 25.0 Å². The van der Waals surface area contributed by atoms with Gasteiger partial charge in [-0.2, -0.15) is 0 Å². The maximum Gasteiger partial charge on any atom is 0.233 e. The number of carbonyl (C=O) groups excluding carboxylic acids is 3. The number of benzene rings is 1. The van der Waals surface area contributed by atoms with Crippen molar-refractivity contribution in [3.05, 3.63) is 18.2 Å². The number of hydrogen-bond acceptors (Lipinski definition) is 7. The molecule has 0 aromatic heterocycles. The topological polar surface area (TPSA) is 114 Å². The Hall–Kier alpha value is -2.81. The molecule has 2 heterocycles. The van der Waals surface area contributed by atoms with Crippen LogP contribution in [0.4, 0.5) is 0 Å². The summed E-state index contributed by atoms with van der Waals surface area (Å²) < 4.78 is 16.0. The van der Waals surface area contributed by atoms with E-state index < -0.39 is 6.10 Å². The van der Waals surface area contributed by atoms with Crippen molar-refractivity contribution in [2.75, 3.05) is 26.5 Å². The zero-order valence-corrected chi connectivity index (χ0v) is 16.7. The van der Waals surface area contributed by atoms with Crippen molar-refractivity contribution < 1.29 is 33.7 Å². The fourth-order valence-corrected chi connectivity index (χ4v) is 4.20. The van der Waals surface area contributed by atoms with E-state index in [1.807, 2.05) is 0 Å². The second-order valence-corrected chi connectivity index (χ2v) is 7.86. The first-order valence-corrected chi connectivity index (χ1v) is 10.4. The van der Waals surface area contributed by atoms with Crippen LogP contribution in [-0.2, 0) is 14.4 Å². The van der Waals surface area contributed by atoms with E-state index in [4.69, 9.17) is 14.2 Å². The molecule has 1 aromatic rings. The van der Waals surface area contributed by atoms with Gasteiger partial charge in [-0.15, -0.1) is 0 Å². The van der Waals surface area contributed by atoms with Crippen LogP contribution < -0.4 is 19.5 Å². The predicted molar refractivity (Wildman–Crippen MR) is 104 cm³/mol. The number of amides is 3. The lowest BCUT2D eigenvalue weighted by atomic mass is 9.81. The lowest BCUT2D eigenvalue weighted by molar-refractivity contribution is -0.140. The van der Waals surface area contributed by atoms with E-state index in [-0.39, 0.29) is 62.5 Å². The third kappa shape index (κ3) is 4.35. The molecule has 1 saturated heterocycles. The first-order chi connectivity index (χ1) is 14.5. The van der Waals surface area contributed by atoms with Crippen LogP contribution in [-0.4, -0.2) is 60.3 Å². The van der Waals surface area contributed by atoms with Gasteiger partial charge in [-0.25, -0.2) is 0 Å². The largest absolute Gasteiger partial charge is 0.491 e. The number of nitrogens with zero attached hydrogens (tertiary/aromatic N) is 1. The Morgan fingerprint density at radius 2 is 1.87 bits per heavy atom. The molecule has 1 aliphatic carbocycles. The van der Waals surface area contributed by atoms with E-state index in [1.54, 1.807) is 18.2 Å². The lowest BCUT2D eigenvalue weighted by Crippen LogP contribution is -2.38. The molecule has 3 amide bonds. The van der Waals surface area contributed by atoms with Crippen LogP contribution in [0.2, 0.25) is 0 Å². The molecule has 0 radical (unpaired) electrons. The van der Waals surface area contributed by atoms with Crippen LogP contribution in [0.3, 0.4) is 0 Å². The van der Waals surface area contributed by atoms with Gasteiger partial charge in [-0.3, -0.25) is 19.3 Å². The molecule has 162 valence electrons. The minimum atomic E-state index is -0.905.